The van der Waals surface area contributed by atoms with Crippen LogP contribution in [0.5, 0.6) is 0 Å². The van der Waals surface area contributed by atoms with E-state index in [0.29, 0.717) is 13.1 Å². The van der Waals surface area contributed by atoms with E-state index in [9.17, 15) is 14.7 Å². The van der Waals surface area contributed by atoms with Gasteiger partial charge < -0.3 is 19.8 Å². The number of hydrogen-bond donors (Lipinski definition) is 1. The largest absolute Gasteiger partial charge is 0.371 e. The number of rotatable bonds is 6. The first-order valence-electron chi connectivity index (χ1n) is 11.3. The SMILES string of the molecule is C[C@H](c1ccccc1)N1C(=O)[C@@H]2C(C1O)N(Cc1ccccc1)C(=O)N2Cc1ccccc1. The Labute approximate surface area is 193 Å². The Balaban J connectivity index is 1.50. The van der Waals surface area contributed by atoms with Crippen molar-refractivity contribution < 1.29 is 14.7 Å². The molecule has 3 aromatic carbocycles. The topological polar surface area (TPSA) is 64.1 Å². The molecule has 33 heavy (non-hydrogen) atoms. The fourth-order valence-electron chi connectivity index (χ4n) is 5.03. The van der Waals surface area contributed by atoms with Crippen molar-refractivity contribution in [2.24, 2.45) is 0 Å². The van der Waals surface area contributed by atoms with Gasteiger partial charge >= 0.3 is 6.03 Å². The maximum Gasteiger partial charge on any atom is 0.321 e. The van der Waals surface area contributed by atoms with Gasteiger partial charge in [-0.2, -0.15) is 0 Å². The van der Waals surface area contributed by atoms with E-state index < -0.39 is 18.3 Å². The van der Waals surface area contributed by atoms with Crippen molar-refractivity contribution >= 4 is 11.9 Å². The standard InChI is InChI=1S/C27H27N3O3/c1-19(22-15-9-4-10-16-22)30-25(31)23-24(26(30)32)29(18-21-13-7-3-8-14-21)27(33)28(23)17-20-11-5-2-6-12-20/h2-16,19,23-25,31H,17-18H2,1H3/t19-,23?,24+,25?/m1/s1. The van der Waals surface area contributed by atoms with Gasteiger partial charge in [0.1, 0.15) is 12.1 Å². The maximum absolute atomic E-state index is 13.7. The lowest BCUT2D eigenvalue weighted by Gasteiger charge is -2.33. The molecule has 5 rings (SSSR count). The smallest absolute Gasteiger partial charge is 0.321 e. The van der Waals surface area contributed by atoms with E-state index in [1.165, 1.54) is 4.90 Å². The van der Waals surface area contributed by atoms with Gasteiger partial charge in [-0.05, 0) is 23.6 Å². The molecule has 0 aliphatic carbocycles. The Hall–Kier alpha value is -3.64. The number of hydrogen-bond acceptors (Lipinski definition) is 3. The van der Waals surface area contributed by atoms with Crippen LogP contribution < -0.4 is 0 Å². The van der Waals surface area contributed by atoms with Crippen LogP contribution in [0.25, 0.3) is 0 Å². The number of likely N-dealkylation sites (tertiary alicyclic amines) is 1. The number of aliphatic hydroxyl groups is 1. The minimum Gasteiger partial charge on any atom is -0.371 e. The van der Waals surface area contributed by atoms with Gasteiger partial charge in [0.05, 0.1) is 6.04 Å². The lowest BCUT2D eigenvalue weighted by Crippen LogP contribution is -2.47. The normalized spacial score (nSPS) is 23.2. The molecule has 0 radical (unpaired) electrons. The minimum atomic E-state index is -1.09. The number of carbonyl (C=O) groups is 2. The van der Waals surface area contributed by atoms with Crippen molar-refractivity contribution in [2.75, 3.05) is 0 Å². The van der Waals surface area contributed by atoms with Crippen molar-refractivity contribution in [1.82, 2.24) is 14.7 Å². The summed E-state index contributed by atoms with van der Waals surface area (Å²) < 4.78 is 0. The second-order valence-corrected chi connectivity index (χ2v) is 8.69. The van der Waals surface area contributed by atoms with Crippen LogP contribution in [0.15, 0.2) is 91.0 Å². The predicted molar refractivity (Wildman–Crippen MR) is 125 cm³/mol. The van der Waals surface area contributed by atoms with E-state index in [0.717, 1.165) is 16.7 Å². The molecule has 2 aliphatic heterocycles. The Bertz CT molecular complexity index is 1120. The summed E-state index contributed by atoms with van der Waals surface area (Å²) in [4.78, 5) is 32.0. The third kappa shape index (κ3) is 3.76. The molecule has 3 aromatic rings. The number of urea groups is 1. The summed E-state index contributed by atoms with van der Waals surface area (Å²) in [5, 5.41) is 11.4. The highest BCUT2D eigenvalue weighted by atomic mass is 16.3. The van der Waals surface area contributed by atoms with E-state index in [-0.39, 0.29) is 18.0 Å². The van der Waals surface area contributed by atoms with Gasteiger partial charge in [0.2, 0.25) is 5.91 Å². The van der Waals surface area contributed by atoms with Gasteiger partial charge in [0.25, 0.3) is 0 Å². The highest BCUT2D eigenvalue weighted by molar-refractivity contribution is 5.94. The molecule has 1 N–H and O–H groups in total. The fraction of sp³-hybridized carbons (Fsp3) is 0.259. The summed E-state index contributed by atoms with van der Waals surface area (Å²) in [5.74, 6) is -0.219. The van der Waals surface area contributed by atoms with Gasteiger partial charge in [0.15, 0.2) is 6.23 Å². The summed E-state index contributed by atoms with van der Waals surface area (Å²) in [6.45, 7) is 2.57. The predicted octanol–water partition coefficient (Wildman–Crippen LogP) is 3.78. The number of carbonyl (C=O) groups excluding carboxylic acids is 2. The molecule has 6 heteroatoms. The lowest BCUT2D eigenvalue weighted by atomic mass is 10.1. The summed E-state index contributed by atoms with van der Waals surface area (Å²) in [7, 11) is 0. The molecule has 3 amide bonds. The van der Waals surface area contributed by atoms with Crippen LogP contribution in [-0.4, -0.2) is 50.1 Å². The first-order valence-corrected chi connectivity index (χ1v) is 11.3. The summed E-state index contributed by atoms with van der Waals surface area (Å²) in [5.41, 5.74) is 2.85. The lowest BCUT2D eigenvalue weighted by molar-refractivity contribution is -0.139. The molecule has 2 unspecified atom stereocenters. The van der Waals surface area contributed by atoms with Crippen molar-refractivity contribution in [3.05, 3.63) is 108 Å². The zero-order valence-electron chi connectivity index (χ0n) is 18.5. The van der Waals surface area contributed by atoms with Crippen LogP contribution in [0, 0.1) is 0 Å². The van der Waals surface area contributed by atoms with Gasteiger partial charge in [-0.25, -0.2) is 4.79 Å². The molecule has 6 nitrogen and oxygen atoms in total. The molecule has 0 spiro atoms. The van der Waals surface area contributed by atoms with Crippen molar-refractivity contribution in [1.29, 1.82) is 0 Å². The van der Waals surface area contributed by atoms with E-state index in [2.05, 4.69) is 0 Å². The van der Waals surface area contributed by atoms with E-state index in [1.807, 2.05) is 97.9 Å². The first-order chi connectivity index (χ1) is 16.1. The molecule has 0 aromatic heterocycles. The number of fused-ring (bicyclic) bond motifs is 1. The molecule has 168 valence electrons. The van der Waals surface area contributed by atoms with Crippen LogP contribution in [0.3, 0.4) is 0 Å². The number of nitrogens with zero attached hydrogens (tertiary/aromatic N) is 3. The van der Waals surface area contributed by atoms with Crippen molar-refractivity contribution in [2.45, 2.75) is 44.4 Å². The maximum atomic E-state index is 13.7. The van der Waals surface area contributed by atoms with E-state index >= 15 is 0 Å². The van der Waals surface area contributed by atoms with Gasteiger partial charge in [0, 0.05) is 13.1 Å². The Morgan fingerprint density at radius 1 is 0.758 bits per heavy atom. The zero-order chi connectivity index (χ0) is 22.9. The highest BCUT2D eigenvalue weighted by Crippen LogP contribution is 2.40. The monoisotopic (exact) mass is 441 g/mol. The molecule has 2 aliphatic rings. The first kappa shape index (κ1) is 21.2. The summed E-state index contributed by atoms with van der Waals surface area (Å²) in [6, 6.07) is 27.1. The number of aliphatic hydroxyl groups excluding tert-OH is 1. The number of benzene rings is 3. The van der Waals surface area contributed by atoms with Crippen LogP contribution in [0.1, 0.15) is 29.7 Å². The Morgan fingerprint density at radius 2 is 1.24 bits per heavy atom. The molecular formula is C27H27N3O3. The minimum absolute atomic E-state index is 0.219. The molecule has 0 bridgehead atoms. The van der Waals surface area contributed by atoms with Crippen LogP contribution in [0.2, 0.25) is 0 Å². The summed E-state index contributed by atoms with van der Waals surface area (Å²) in [6.07, 6.45) is -1.09. The third-order valence-electron chi connectivity index (χ3n) is 6.70. The Morgan fingerprint density at radius 3 is 1.79 bits per heavy atom. The van der Waals surface area contributed by atoms with Crippen molar-refractivity contribution in [3.8, 4) is 0 Å². The van der Waals surface area contributed by atoms with E-state index in [4.69, 9.17) is 0 Å². The van der Waals surface area contributed by atoms with Gasteiger partial charge in [-0.3, -0.25) is 4.79 Å². The fourth-order valence-corrected chi connectivity index (χ4v) is 5.03. The average Bonchev–Trinajstić information content (AvgIpc) is 3.26. The quantitative estimate of drug-likeness (QED) is 0.633. The second-order valence-electron chi connectivity index (χ2n) is 8.69. The van der Waals surface area contributed by atoms with Crippen LogP contribution >= 0.6 is 0 Å². The molecule has 2 fully saturated rings. The van der Waals surface area contributed by atoms with Crippen LogP contribution in [-0.2, 0) is 17.9 Å². The van der Waals surface area contributed by atoms with Gasteiger partial charge in [-0.1, -0.05) is 91.0 Å². The van der Waals surface area contributed by atoms with E-state index in [1.54, 1.807) is 9.80 Å². The zero-order valence-corrected chi connectivity index (χ0v) is 18.5. The van der Waals surface area contributed by atoms with Crippen molar-refractivity contribution in [3.63, 3.8) is 0 Å². The molecule has 0 saturated carbocycles. The second kappa shape index (κ2) is 8.71. The molecular weight excluding hydrogens is 414 g/mol. The summed E-state index contributed by atoms with van der Waals surface area (Å²) >= 11 is 0. The Kier molecular flexibility index (Phi) is 5.60. The molecule has 2 heterocycles. The number of amides is 3. The third-order valence-corrected chi connectivity index (χ3v) is 6.70. The van der Waals surface area contributed by atoms with Crippen LogP contribution in [0.4, 0.5) is 4.79 Å². The van der Waals surface area contributed by atoms with Gasteiger partial charge in [-0.15, -0.1) is 0 Å². The molecule has 2 saturated heterocycles. The highest BCUT2D eigenvalue weighted by Gasteiger charge is 2.61. The molecule has 4 atom stereocenters. The average molecular weight is 442 g/mol.